The summed E-state index contributed by atoms with van der Waals surface area (Å²) in [5, 5.41) is 3.29. The molecule has 7 nitrogen and oxygen atoms in total. The van der Waals surface area contributed by atoms with Crippen LogP contribution in [0.25, 0.3) is 6.08 Å². The maximum absolute atomic E-state index is 14.8. The van der Waals surface area contributed by atoms with Crippen molar-refractivity contribution in [2.45, 2.75) is 30.7 Å². The van der Waals surface area contributed by atoms with Gasteiger partial charge >= 0.3 is 0 Å². The predicted octanol–water partition coefficient (Wildman–Crippen LogP) is 5.75. The van der Waals surface area contributed by atoms with Gasteiger partial charge < -0.3 is 19.7 Å². The van der Waals surface area contributed by atoms with Gasteiger partial charge in [-0.25, -0.2) is 0 Å². The Balaban J connectivity index is 1.32. The lowest BCUT2D eigenvalue weighted by atomic mass is 9.42. The zero-order valence-electron chi connectivity index (χ0n) is 25.6. The van der Waals surface area contributed by atoms with Crippen molar-refractivity contribution >= 4 is 17.9 Å². The lowest BCUT2D eigenvalue weighted by Gasteiger charge is -2.60. The highest BCUT2D eigenvalue weighted by atomic mass is 16.5. The van der Waals surface area contributed by atoms with Gasteiger partial charge in [-0.3, -0.25) is 14.6 Å². The van der Waals surface area contributed by atoms with Crippen molar-refractivity contribution in [3.8, 4) is 11.5 Å². The molecule has 2 bridgehead atoms. The summed E-state index contributed by atoms with van der Waals surface area (Å²) in [4.78, 5) is 34.9. The second kappa shape index (κ2) is 11.5. The minimum atomic E-state index is -0.803. The highest BCUT2D eigenvalue weighted by Crippen LogP contribution is 2.69. The van der Waals surface area contributed by atoms with E-state index in [1.807, 2.05) is 53.4 Å². The first-order valence-electron chi connectivity index (χ1n) is 15.5. The minimum Gasteiger partial charge on any atom is -0.497 e. The summed E-state index contributed by atoms with van der Waals surface area (Å²) < 4.78 is 11.0. The summed E-state index contributed by atoms with van der Waals surface area (Å²) in [7, 11) is 3.30. The lowest BCUT2D eigenvalue weighted by Crippen LogP contribution is -2.62. The molecule has 1 saturated heterocycles. The van der Waals surface area contributed by atoms with E-state index < -0.39 is 10.8 Å². The Bertz CT molecular complexity index is 1750. The van der Waals surface area contributed by atoms with E-state index in [0.29, 0.717) is 25.4 Å². The topological polar surface area (TPSA) is 80.8 Å². The number of benzene rings is 3. The van der Waals surface area contributed by atoms with Gasteiger partial charge in [0.05, 0.1) is 19.6 Å². The second-order valence-corrected chi connectivity index (χ2v) is 12.3. The van der Waals surface area contributed by atoms with E-state index in [2.05, 4.69) is 46.7 Å². The first-order chi connectivity index (χ1) is 22.0. The molecule has 0 radical (unpaired) electrons. The number of aromatic nitrogens is 1. The maximum atomic E-state index is 14.8. The van der Waals surface area contributed by atoms with Crippen LogP contribution in [0.4, 0.5) is 0 Å². The van der Waals surface area contributed by atoms with E-state index in [-0.39, 0.29) is 23.7 Å². The maximum Gasteiger partial charge on any atom is 0.246 e. The van der Waals surface area contributed by atoms with Crippen molar-refractivity contribution in [2.75, 3.05) is 27.3 Å². The van der Waals surface area contributed by atoms with Crippen LogP contribution in [0.1, 0.15) is 46.6 Å². The number of methoxy groups -OCH3 is 2. The number of para-hydroxylation sites is 1. The van der Waals surface area contributed by atoms with Crippen LogP contribution in [-0.2, 0) is 21.5 Å². The van der Waals surface area contributed by atoms with Crippen LogP contribution < -0.4 is 14.8 Å². The highest BCUT2D eigenvalue weighted by molar-refractivity contribution is 5.94. The molecule has 228 valence electrons. The number of nitrogens with zero attached hydrogens (tertiary/aromatic N) is 2. The number of fused-ring (bicyclic) bond motifs is 1. The number of hydrogen-bond acceptors (Lipinski definition) is 5. The quantitative estimate of drug-likeness (QED) is 0.261. The van der Waals surface area contributed by atoms with Gasteiger partial charge in [-0.1, -0.05) is 60.7 Å². The molecule has 4 aliphatic rings. The Morgan fingerprint density at radius 1 is 0.978 bits per heavy atom. The van der Waals surface area contributed by atoms with E-state index in [1.165, 1.54) is 11.1 Å². The average Bonchev–Trinajstić information content (AvgIpc) is 3.54. The number of ether oxygens (including phenoxy) is 2. The number of pyridine rings is 1. The molecule has 3 aromatic carbocycles. The zero-order chi connectivity index (χ0) is 31.0. The van der Waals surface area contributed by atoms with Crippen LogP contribution in [0, 0.1) is 11.3 Å². The number of carbonyl (C=O) groups excluding carboxylic acids is 2. The molecule has 2 heterocycles. The summed E-state index contributed by atoms with van der Waals surface area (Å²) >= 11 is 0. The largest absolute Gasteiger partial charge is 0.497 e. The summed E-state index contributed by atoms with van der Waals surface area (Å²) in [6.07, 6.45) is 8.70. The van der Waals surface area contributed by atoms with Crippen molar-refractivity contribution < 1.29 is 19.1 Å². The molecular weight excluding hydrogens is 562 g/mol. The highest BCUT2D eigenvalue weighted by Gasteiger charge is 2.70. The third-order valence-electron chi connectivity index (χ3n) is 10.4. The molecule has 2 fully saturated rings. The Hall–Kier alpha value is -4.91. The minimum absolute atomic E-state index is 0.00236. The fraction of sp³-hybridized carbons (Fsp3) is 0.289. The molecule has 1 aromatic heterocycles. The second-order valence-electron chi connectivity index (χ2n) is 12.3. The fourth-order valence-electron chi connectivity index (χ4n) is 8.45. The van der Waals surface area contributed by atoms with Crippen LogP contribution in [0.15, 0.2) is 103 Å². The van der Waals surface area contributed by atoms with E-state index in [4.69, 9.17) is 9.47 Å². The number of likely N-dealkylation sites (tertiary alicyclic amines) is 1. The average molecular weight is 600 g/mol. The van der Waals surface area contributed by atoms with Gasteiger partial charge in [0.1, 0.15) is 11.5 Å². The fourth-order valence-corrected chi connectivity index (χ4v) is 8.45. The van der Waals surface area contributed by atoms with Gasteiger partial charge in [0.2, 0.25) is 11.8 Å². The van der Waals surface area contributed by atoms with Crippen LogP contribution in [0.3, 0.4) is 0 Å². The van der Waals surface area contributed by atoms with Crippen molar-refractivity contribution in [1.82, 2.24) is 15.2 Å². The Kier molecular flexibility index (Phi) is 7.40. The van der Waals surface area contributed by atoms with Crippen molar-refractivity contribution in [3.63, 3.8) is 0 Å². The number of amides is 2. The van der Waals surface area contributed by atoms with Gasteiger partial charge in [-0.05, 0) is 65.4 Å². The molecular formula is C38H37N3O4. The SMILES string of the molecule is COc1ccc([C@@]23CC[C@@H](c4ccccc42)[C@@]2(C(=O)NCc4cccnc4)CN(C(=O)/C=C/c4ccccc4OC)C[C@@H]32)cc1. The predicted molar refractivity (Wildman–Crippen MR) is 173 cm³/mol. The number of rotatable bonds is 8. The molecule has 2 amide bonds. The molecule has 45 heavy (non-hydrogen) atoms. The van der Waals surface area contributed by atoms with Gasteiger partial charge in [0.25, 0.3) is 0 Å². The summed E-state index contributed by atoms with van der Waals surface area (Å²) in [6, 6.07) is 28.4. The lowest BCUT2D eigenvalue weighted by molar-refractivity contribution is -0.139. The molecule has 0 unspecified atom stereocenters. The molecule has 3 aliphatic carbocycles. The molecule has 4 aromatic rings. The molecule has 4 atom stereocenters. The van der Waals surface area contributed by atoms with Crippen molar-refractivity contribution in [1.29, 1.82) is 0 Å². The summed E-state index contributed by atoms with van der Waals surface area (Å²) in [5.41, 5.74) is 4.17. The molecule has 1 saturated carbocycles. The van der Waals surface area contributed by atoms with Crippen LogP contribution in [0.5, 0.6) is 11.5 Å². The molecule has 8 rings (SSSR count). The zero-order valence-corrected chi connectivity index (χ0v) is 25.6. The van der Waals surface area contributed by atoms with E-state index >= 15 is 0 Å². The Labute approximate surface area is 263 Å². The van der Waals surface area contributed by atoms with E-state index in [9.17, 15) is 9.59 Å². The van der Waals surface area contributed by atoms with Crippen LogP contribution in [0.2, 0.25) is 0 Å². The molecule has 1 aliphatic heterocycles. The third-order valence-corrected chi connectivity index (χ3v) is 10.4. The Morgan fingerprint density at radius 2 is 1.78 bits per heavy atom. The normalized spacial score (nSPS) is 24.6. The Morgan fingerprint density at radius 3 is 2.56 bits per heavy atom. The van der Waals surface area contributed by atoms with Crippen LogP contribution in [-0.4, -0.2) is 49.0 Å². The van der Waals surface area contributed by atoms with Gasteiger partial charge in [-0.15, -0.1) is 0 Å². The molecule has 1 N–H and O–H groups in total. The van der Waals surface area contributed by atoms with E-state index in [1.54, 1.807) is 38.8 Å². The van der Waals surface area contributed by atoms with Crippen LogP contribution >= 0.6 is 0 Å². The monoisotopic (exact) mass is 599 g/mol. The number of nitrogens with one attached hydrogen (secondary N) is 1. The molecule has 0 spiro atoms. The smallest absolute Gasteiger partial charge is 0.246 e. The number of carbonyl (C=O) groups is 2. The van der Waals surface area contributed by atoms with Crippen molar-refractivity contribution in [3.05, 3.63) is 131 Å². The first-order valence-corrected chi connectivity index (χ1v) is 15.5. The number of hydrogen-bond donors (Lipinski definition) is 1. The third kappa shape index (κ3) is 4.60. The summed E-state index contributed by atoms with van der Waals surface area (Å²) in [5.74, 6) is 1.25. The first kappa shape index (κ1) is 28.8. The van der Waals surface area contributed by atoms with E-state index in [0.717, 1.165) is 35.3 Å². The van der Waals surface area contributed by atoms with Gasteiger partial charge in [-0.2, -0.15) is 0 Å². The summed E-state index contributed by atoms with van der Waals surface area (Å²) in [6.45, 7) is 1.21. The standard InChI is InChI=1S/C38H37N3O4/c1-44-29-16-14-28(15-17-29)37-20-19-32(30-10-4-5-11-31(30)37)38(36(43)40-23-26-8-7-21-39-22-26)25-41(24-34(37)38)35(42)18-13-27-9-3-6-12-33(27)45-2/h3-18,21-22,32,34H,19-20,23-25H2,1-2H3,(H,40,43)/b18-13+/t32-,34-,37-,38-/m0/s1. The van der Waals surface area contributed by atoms with Gasteiger partial charge in [0.15, 0.2) is 0 Å². The van der Waals surface area contributed by atoms with Crippen molar-refractivity contribution in [2.24, 2.45) is 11.3 Å². The molecule has 7 heteroatoms. The van der Waals surface area contributed by atoms with Gasteiger partial charge in [0, 0.05) is 60.9 Å².